The van der Waals surface area contributed by atoms with Crippen molar-refractivity contribution in [2.24, 2.45) is 0 Å². The standard InChI is InChI=1S/C13H16N2O2/c1-3-13(2,17)9-15-12(16)11-6-4-10(8-14)5-7-11/h4-7,17H,3,9H2,1-2H3,(H,15,16). The van der Waals surface area contributed by atoms with Gasteiger partial charge in [-0.2, -0.15) is 5.26 Å². The lowest BCUT2D eigenvalue weighted by Gasteiger charge is -2.21. The average molecular weight is 232 g/mol. The van der Waals surface area contributed by atoms with E-state index in [1.807, 2.05) is 13.0 Å². The number of nitriles is 1. The number of hydrogen-bond donors (Lipinski definition) is 2. The minimum absolute atomic E-state index is 0.211. The monoisotopic (exact) mass is 232 g/mol. The van der Waals surface area contributed by atoms with Crippen LogP contribution in [0.1, 0.15) is 36.2 Å². The average Bonchev–Trinajstić information content (AvgIpc) is 2.36. The van der Waals surface area contributed by atoms with Gasteiger partial charge >= 0.3 is 0 Å². The molecule has 0 aliphatic carbocycles. The van der Waals surface area contributed by atoms with E-state index < -0.39 is 5.60 Å². The number of carbonyl (C=O) groups is 1. The van der Waals surface area contributed by atoms with Crippen LogP contribution in [0.4, 0.5) is 0 Å². The minimum Gasteiger partial charge on any atom is -0.388 e. The van der Waals surface area contributed by atoms with Gasteiger partial charge in [0.15, 0.2) is 0 Å². The van der Waals surface area contributed by atoms with E-state index in [-0.39, 0.29) is 12.5 Å². The maximum absolute atomic E-state index is 11.7. The summed E-state index contributed by atoms with van der Waals surface area (Å²) in [7, 11) is 0. The SMILES string of the molecule is CCC(C)(O)CNC(=O)c1ccc(C#N)cc1. The van der Waals surface area contributed by atoms with E-state index in [0.717, 1.165) is 0 Å². The third-order valence-corrected chi connectivity index (χ3v) is 2.67. The summed E-state index contributed by atoms with van der Waals surface area (Å²) >= 11 is 0. The molecule has 1 amide bonds. The van der Waals surface area contributed by atoms with Crippen LogP contribution in [-0.4, -0.2) is 23.2 Å². The largest absolute Gasteiger partial charge is 0.388 e. The molecule has 1 atom stereocenters. The number of benzene rings is 1. The van der Waals surface area contributed by atoms with Crippen LogP contribution in [0.25, 0.3) is 0 Å². The highest BCUT2D eigenvalue weighted by molar-refractivity contribution is 5.94. The van der Waals surface area contributed by atoms with Crippen molar-refractivity contribution in [2.45, 2.75) is 25.9 Å². The minimum atomic E-state index is -0.887. The molecule has 1 rings (SSSR count). The molecule has 0 bridgehead atoms. The Morgan fingerprint density at radius 2 is 2.06 bits per heavy atom. The highest BCUT2D eigenvalue weighted by atomic mass is 16.3. The third-order valence-electron chi connectivity index (χ3n) is 2.67. The number of aliphatic hydroxyl groups is 1. The van der Waals surface area contributed by atoms with Gasteiger partial charge in [0.2, 0.25) is 0 Å². The van der Waals surface area contributed by atoms with Crippen molar-refractivity contribution in [1.29, 1.82) is 5.26 Å². The van der Waals surface area contributed by atoms with Crippen LogP contribution in [-0.2, 0) is 0 Å². The first-order valence-electron chi connectivity index (χ1n) is 5.49. The van der Waals surface area contributed by atoms with Crippen LogP contribution in [0.3, 0.4) is 0 Å². The van der Waals surface area contributed by atoms with Gasteiger partial charge in [-0.05, 0) is 37.6 Å². The summed E-state index contributed by atoms with van der Waals surface area (Å²) in [5.41, 5.74) is 0.112. The molecule has 0 aromatic heterocycles. The number of rotatable bonds is 4. The number of hydrogen-bond acceptors (Lipinski definition) is 3. The molecule has 0 fully saturated rings. The van der Waals surface area contributed by atoms with Crippen LogP contribution in [0.5, 0.6) is 0 Å². The molecule has 0 heterocycles. The Hall–Kier alpha value is -1.86. The van der Waals surface area contributed by atoms with Crippen LogP contribution in [0, 0.1) is 11.3 Å². The van der Waals surface area contributed by atoms with E-state index in [0.29, 0.717) is 17.5 Å². The van der Waals surface area contributed by atoms with Gasteiger partial charge < -0.3 is 10.4 Å². The van der Waals surface area contributed by atoms with Crippen molar-refractivity contribution in [1.82, 2.24) is 5.32 Å². The molecular weight excluding hydrogens is 216 g/mol. The summed E-state index contributed by atoms with van der Waals surface area (Å²) in [5.74, 6) is -0.247. The number of carbonyl (C=O) groups excluding carboxylic acids is 1. The second-order valence-electron chi connectivity index (χ2n) is 4.22. The molecule has 1 aromatic rings. The first-order valence-corrected chi connectivity index (χ1v) is 5.49. The molecule has 1 unspecified atom stereocenters. The van der Waals surface area contributed by atoms with Gasteiger partial charge in [0, 0.05) is 12.1 Å². The van der Waals surface area contributed by atoms with E-state index in [4.69, 9.17) is 5.26 Å². The summed E-state index contributed by atoms with van der Waals surface area (Å²) in [6.45, 7) is 3.74. The molecular formula is C13H16N2O2. The van der Waals surface area contributed by atoms with Gasteiger partial charge in [-0.1, -0.05) is 6.92 Å². The van der Waals surface area contributed by atoms with Crippen LogP contribution in [0.15, 0.2) is 24.3 Å². The Bertz CT molecular complexity index is 430. The lowest BCUT2D eigenvalue weighted by molar-refractivity contribution is 0.0518. The van der Waals surface area contributed by atoms with Gasteiger partial charge in [0.25, 0.3) is 5.91 Å². The zero-order valence-electron chi connectivity index (χ0n) is 10.0. The molecule has 2 N–H and O–H groups in total. The molecule has 1 aromatic carbocycles. The predicted octanol–water partition coefficient (Wildman–Crippen LogP) is 1.45. The zero-order valence-corrected chi connectivity index (χ0v) is 10.0. The fraction of sp³-hybridized carbons (Fsp3) is 0.385. The first-order chi connectivity index (χ1) is 7.98. The maximum atomic E-state index is 11.7. The quantitative estimate of drug-likeness (QED) is 0.825. The number of nitrogens with zero attached hydrogens (tertiary/aromatic N) is 1. The Labute approximate surface area is 101 Å². The lowest BCUT2D eigenvalue weighted by Crippen LogP contribution is -2.40. The second kappa shape index (κ2) is 5.46. The second-order valence-corrected chi connectivity index (χ2v) is 4.22. The van der Waals surface area contributed by atoms with Gasteiger partial charge in [-0.3, -0.25) is 4.79 Å². The van der Waals surface area contributed by atoms with Gasteiger partial charge in [0.05, 0.1) is 17.2 Å². The Morgan fingerprint density at radius 3 is 2.53 bits per heavy atom. The van der Waals surface area contributed by atoms with Gasteiger partial charge in [-0.15, -0.1) is 0 Å². The highest BCUT2D eigenvalue weighted by Crippen LogP contribution is 2.07. The van der Waals surface area contributed by atoms with Crippen molar-refractivity contribution < 1.29 is 9.90 Å². The summed E-state index contributed by atoms with van der Waals surface area (Å²) in [6, 6.07) is 8.35. The van der Waals surface area contributed by atoms with Crippen LogP contribution < -0.4 is 5.32 Å². The smallest absolute Gasteiger partial charge is 0.251 e. The van der Waals surface area contributed by atoms with E-state index in [1.165, 1.54) is 0 Å². The topological polar surface area (TPSA) is 73.1 Å². The normalized spacial score (nSPS) is 13.5. The van der Waals surface area contributed by atoms with E-state index in [2.05, 4.69) is 5.32 Å². The van der Waals surface area contributed by atoms with E-state index in [1.54, 1.807) is 31.2 Å². The van der Waals surface area contributed by atoms with Crippen molar-refractivity contribution in [2.75, 3.05) is 6.54 Å². The number of amides is 1. The summed E-state index contributed by atoms with van der Waals surface area (Å²) < 4.78 is 0. The molecule has 4 heteroatoms. The Morgan fingerprint density at radius 1 is 1.47 bits per heavy atom. The number of nitrogens with one attached hydrogen (secondary N) is 1. The van der Waals surface area contributed by atoms with Crippen molar-refractivity contribution in [3.8, 4) is 6.07 Å². The third kappa shape index (κ3) is 3.89. The molecule has 90 valence electrons. The van der Waals surface area contributed by atoms with Gasteiger partial charge in [0.1, 0.15) is 0 Å². The van der Waals surface area contributed by atoms with E-state index in [9.17, 15) is 9.90 Å². The maximum Gasteiger partial charge on any atom is 0.251 e. The molecule has 17 heavy (non-hydrogen) atoms. The van der Waals surface area contributed by atoms with Crippen molar-refractivity contribution >= 4 is 5.91 Å². The lowest BCUT2D eigenvalue weighted by atomic mass is 10.0. The Kier molecular flexibility index (Phi) is 4.24. The molecule has 0 saturated carbocycles. The fourth-order valence-corrected chi connectivity index (χ4v) is 1.19. The fourth-order valence-electron chi connectivity index (χ4n) is 1.19. The predicted molar refractivity (Wildman–Crippen MR) is 64.4 cm³/mol. The van der Waals surface area contributed by atoms with Crippen molar-refractivity contribution in [3.63, 3.8) is 0 Å². The van der Waals surface area contributed by atoms with E-state index >= 15 is 0 Å². The summed E-state index contributed by atoms with van der Waals surface area (Å²) in [6.07, 6.45) is 0.570. The zero-order chi connectivity index (χ0) is 12.9. The first kappa shape index (κ1) is 13.2. The molecule has 4 nitrogen and oxygen atoms in total. The van der Waals surface area contributed by atoms with Crippen molar-refractivity contribution in [3.05, 3.63) is 35.4 Å². The highest BCUT2D eigenvalue weighted by Gasteiger charge is 2.18. The summed E-state index contributed by atoms with van der Waals surface area (Å²) in [4.78, 5) is 11.7. The molecule has 0 aliphatic rings. The van der Waals surface area contributed by atoms with Crippen LogP contribution >= 0.6 is 0 Å². The molecule has 0 aliphatic heterocycles. The summed E-state index contributed by atoms with van der Waals surface area (Å²) in [5, 5.41) is 21.0. The Balaban J connectivity index is 2.62. The molecule has 0 radical (unpaired) electrons. The van der Waals surface area contributed by atoms with Crippen LogP contribution in [0.2, 0.25) is 0 Å². The molecule has 0 saturated heterocycles. The molecule has 0 spiro atoms. The van der Waals surface area contributed by atoms with Gasteiger partial charge in [-0.25, -0.2) is 0 Å².